The van der Waals surface area contributed by atoms with Crippen LogP contribution in [0.4, 0.5) is 0 Å². The number of hydrogen-bond acceptors (Lipinski definition) is 1. The van der Waals surface area contributed by atoms with E-state index >= 15 is 0 Å². The maximum absolute atomic E-state index is 12.0. The van der Waals surface area contributed by atoms with E-state index in [1.165, 1.54) is 38.5 Å². The lowest BCUT2D eigenvalue weighted by atomic mass is 9.49. The van der Waals surface area contributed by atoms with Crippen LogP contribution in [-0.4, -0.2) is 4.57 Å². The predicted octanol–water partition coefficient (Wildman–Crippen LogP) is 3.83. The fourth-order valence-electron chi connectivity index (χ4n) is 5.47. The van der Waals surface area contributed by atoms with E-state index in [4.69, 9.17) is 0 Å². The van der Waals surface area contributed by atoms with E-state index in [-0.39, 0.29) is 5.56 Å². The molecular formula is C16H20BrNO. The second-order valence-electron chi connectivity index (χ2n) is 7.23. The molecule has 102 valence electrons. The normalized spacial score (nSPS) is 39.7. The number of halogens is 1. The van der Waals surface area contributed by atoms with Crippen molar-refractivity contribution in [2.24, 2.45) is 23.2 Å². The molecule has 4 saturated carbocycles. The first kappa shape index (κ1) is 12.2. The maximum Gasteiger partial charge on any atom is 0.250 e. The molecule has 4 aliphatic carbocycles. The van der Waals surface area contributed by atoms with Crippen molar-refractivity contribution in [1.82, 2.24) is 4.57 Å². The molecular weight excluding hydrogens is 302 g/mol. The number of aromatic nitrogens is 1. The van der Waals surface area contributed by atoms with Gasteiger partial charge in [-0.2, -0.15) is 0 Å². The van der Waals surface area contributed by atoms with Gasteiger partial charge in [-0.05, 0) is 83.7 Å². The second kappa shape index (κ2) is 4.21. The van der Waals surface area contributed by atoms with Crippen LogP contribution in [0.2, 0.25) is 0 Å². The summed E-state index contributed by atoms with van der Waals surface area (Å²) in [5, 5.41) is 0. The molecule has 0 spiro atoms. The predicted molar refractivity (Wildman–Crippen MR) is 79.0 cm³/mol. The molecule has 0 atom stereocenters. The summed E-state index contributed by atoms with van der Waals surface area (Å²) in [6, 6.07) is 3.53. The Labute approximate surface area is 122 Å². The summed E-state index contributed by atoms with van der Waals surface area (Å²) in [5.41, 5.74) is 0.582. The minimum Gasteiger partial charge on any atom is -0.314 e. The van der Waals surface area contributed by atoms with Crippen LogP contribution in [0.15, 0.2) is 27.6 Å². The molecule has 2 nitrogen and oxygen atoms in total. The molecule has 1 aromatic heterocycles. The molecule has 4 fully saturated rings. The zero-order valence-corrected chi connectivity index (χ0v) is 12.7. The van der Waals surface area contributed by atoms with Gasteiger partial charge in [0.2, 0.25) is 0 Å². The third kappa shape index (κ3) is 2.10. The van der Waals surface area contributed by atoms with Crippen molar-refractivity contribution < 1.29 is 0 Å². The van der Waals surface area contributed by atoms with E-state index in [0.29, 0.717) is 5.41 Å². The number of hydrogen-bond donors (Lipinski definition) is 0. The Morgan fingerprint density at radius 3 is 2.26 bits per heavy atom. The van der Waals surface area contributed by atoms with Crippen LogP contribution < -0.4 is 5.56 Å². The Kier molecular flexibility index (Phi) is 2.70. The van der Waals surface area contributed by atoms with Crippen LogP contribution in [0.5, 0.6) is 0 Å². The summed E-state index contributed by atoms with van der Waals surface area (Å²) >= 11 is 3.49. The van der Waals surface area contributed by atoms with Crippen molar-refractivity contribution in [3.05, 3.63) is 33.2 Å². The minimum absolute atomic E-state index is 0.152. The van der Waals surface area contributed by atoms with Gasteiger partial charge in [-0.1, -0.05) is 0 Å². The molecule has 0 radical (unpaired) electrons. The van der Waals surface area contributed by atoms with Crippen LogP contribution in [0.25, 0.3) is 0 Å². The molecule has 0 aliphatic heterocycles. The van der Waals surface area contributed by atoms with Crippen molar-refractivity contribution >= 4 is 15.9 Å². The average Bonchev–Trinajstić information content (AvgIpc) is 2.31. The third-order valence-corrected chi connectivity index (χ3v) is 6.09. The van der Waals surface area contributed by atoms with E-state index in [0.717, 1.165) is 28.8 Å². The van der Waals surface area contributed by atoms with E-state index < -0.39 is 0 Å². The first-order valence-electron chi connectivity index (χ1n) is 7.48. The Hall–Kier alpha value is -0.570. The van der Waals surface area contributed by atoms with Gasteiger partial charge in [-0.25, -0.2) is 0 Å². The summed E-state index contributed by atoms with van der Waals surface area (Å²) in [4.78, 5) is 12.0. The highest BCUT2D eigenvalue weighted by Gasteiger charge is 2.50. The maximum atomic E-state index is 12.0. The number of rotatable bonds is 2. The van der Waals surface area contributed by atoms with Gasteiger partial charge in [0.05, 0.1) is 0 Å². The molecule has 3 heteroatoms. The highest BCUT2D eigenvalue weighted by Crippen LogP contribution is 2.60. The lowest BCUT2D eigenvalue weighted by molar-refractivity contribution is -0.0623. The quantitative estimate of drug-likeness (QED) is 0.811. The minimum atomic E-state index is 0.152. The van der Waals surface area contributed by atoms with Crippen LogP contribution >= 0.6 is 15.9 Å². The van der Waals surface area contributed by atoms with Crippen LogP contribution in [0.3, 0.4) is 0 Å². The van der Waals surface area contributed by atoms with Crippen molar-refractivity contribution in [2.75, 3.05) is 0 Å². The molecule has 4 bridgehead atoms. The summed E-state index contributed by atoms with van der Waals surface area (Å²) in [5.74, 6) is 2.86. The lowest BCUT2D eigenvalue weighted by Gasteiger charge is -2.57. The molecule has 0 aromatic carbocycles. The summed E-state index contributed by atoms with van der Waals surface area (Å²) < 4.78 is 2.95. The van der Waals surface area contributed by atoms with E-state index in [2.05, 4.69) is 15.9 Å². The lowest BCUT2D eigenvalue weighted by Crippen LogP contribution is -2.48. The molecule has 5 rings (SSSR count). The van der Waals surface area contributed by atoms with Crippen molar-refractivity contribution in [2.45, 2.75) is 45.1 Å². The molecule has 0 unspecified atom stereocenters. The van der Waals surface area contributed by atoms with Crippen LogP contribution in [-0.2, 0) is 6.54 Å². The molecule has 1 heterocycles. The summed E-state index contributed by atoms with van der Waals surface area (Å²) in [6.07, 6.45) is 10.4. The van der Waals surface area contributed by atoms with Crippen molar-refractivity contribution in [1.29, 1.82) is 0 Å². The summed E-state index contributed by atoms with van der Waals surface area (Å²) in [7, 11) is 0. The van der Waals surface area contributed by atoms with Crippen molar-refractivity contribution in [3.8, 4) is 0 Å². The Balaban J connectivity index is 1.66. The first-order chi connectivity index (χ1) is 9.12. The zero-order chi connectivity index (χ0) is 13.0. The fourth-order valence-corrected chi connectivity index (χ4v) is 5.85. The van der Waals surface area contributed by atoms with E-state index in [1.54, 1.807) is 6.07 Å². The average molecular weight is 322 g/mol. The second-order valence-corrected chi connectivity index (χ2v) is 8.15. The molecule has 1 aromatic rings. The van der Waals surface area contributed by atoms with Gasteiger partial charge in [0.15, 0.2) is 0 Å². The van der Waals surface area contributed by atoms with Crippen molar-refractivity contribution in [3.63, 3.8) is 0 Å². The highest BCUT2D eigenvalue weighted by atomic mass is 79.9. The molecule has 4 aliphatic rings. The van der Waals surface area contributed by atoms with Gasteiger partial charge in [0, 0.05) is 23.3 Å². The Morgan fingerprint density at radius 1 is 1.11 bits per heavy atom. The highest BCUT2D eigenvalue weighted by molar-refractivity contribution is 9.10. The molecule has 0 amide bonds. The molecule has 0 N–H and O–H groups in total. The molecule has 0 saturated heterocycles. The smallest absolute Gasteiger partial charge is 0.250 e. The number of nitrogens with zero attached hydrogens (tertiary/aromatic N) is 1. The van der Waals surface area contributed by atoms with Gasteiger partial charge in [0.1, 0.15) is 0 Å². The van der Waals surface area contributed by atoms with Crippen LogP contribution in [0.1, 0.15) is 38.5 Å². The van der Waals surface area contributed by atoms with E-state index in [9.17, 15) is 4.79 Å². The van der Waals surface area contributed by atoms with Gasteiger partial charge >= 0.3 is 0 Å². The van der Waals surface area contributed by atoms with Gasteiger partial charge < -0.3 is 4.57 Å². The number of pyridine rings is 1. The zero-order valence-electron chi connectivity index (χ0n) is 11.1. The molecule has 19 heavy (non-hydrogen) atoms. The van der Waals surface area contributed by atoms with E-state index in [1.807, 2.05) is 16.8 Å². The van der Waals surface area contributed by atoms with Gasteiger partial charge in [-0.3, -0.25) is 4.79 Å². The summed E-state index contributed by atoms with van der Waals surface area (Å²) in [6.45, 7) is 0.939. The topological polar surface area (TPSA) is 22.0 Å². The Morgan fingerprint density at radius 2 is 1.68 bits per heavy atom. The van der Waals surface area contributed by atoms with Gasteiger partial charge in [-0.15, -0.1) is 0 Å². The Bertz CT molecular complexity index is 527. The monoisotopic (exact) mass is 321 g/mol. The fraction of sp³-hybridized carbons (Fsp3) is 0.688. The largest absolute Gasteiger partial charge is 0.314 e. The van der Waals surface area contributed by atoms with Crippen LogP contribution in [0, 0.1) is 23.2 Å². The SMILES string of the molecule is O=c1ccc(Br)cn1CC12CC3CC(CC(C3)C1)C2. The third-order valence-electron chi connectivity index (χ3n) is 5.62. The van der Waals surface area contributed by atoms with Gasteiger partial charge in [0.25, 0.3) is 5.56 Å². The first-order valence-corrected chi connectivity index (χ1v) is 8.27. The standard InChI is InChI=1S/C16H20BrNO/c17-14-1-2-15(19)18(9-14)10-16-6-11-3-12(7-16)5-13(4-11)8-16/h1-2,9,11-13H,3-8,10H2.